The number of benzene rings is 1. The van der Waals surface area contributed by atoms with E-state index in [1.165, 1.54) is 21.9 Å². The molecule has 0 bridgehead atoms. The molecule has 35 heavy (non-hydrogen) atoms. The molecule has 1 saturated carbocycles. The number of hydrogen-bond acceptors (Lipinski definition) is 8. The van der Waals surface area contributed by atoms with E-state index in [1.54, 1.807) is 7.05 Å². The Morgan fingerprint density at radius 3 is 2.63 bits per heavy atom. The van der Waals surface area contributed by atoms with Crippen LogP contribution in [0.2, 0.25) is 0 Å². The SMILES string of the molecule is Cc1nc(NCC(C)(F)F)nc(NC2CCC(CN(C)S(C)(=O)=O)C2)c1-c1nc2ccccc2s1. The summed E-state index contributed by atoms with van der Waals surface area (Å²) in [5.74, 6) is -2.01. The number of aromatic nitrogens is 3. The van der Waals surface area contributed by atoms with E-state index < -0.39 is 22.5 Å². The largest absolute Gasteiger partial charge is 0.367 e. The molecule has 12 heteroatoms. The lowest BCUT2D eigenvalue weighted by Gasteiger charge is -2.20. The molecule has 0 saturated heterocycles. The van der Waals surface area contributed by atoms with Gasteiger partial charge >= 0.3 is 0 Å². The molecule has 4 rings (SSSR count). The van der Waals surface area contributed by atoms with Crippen molar-refractivity contribution in [1.82, 2.24) is 19.3 Å². The Morgan fingerprint density at radius 2 is 1.94 bits per heavy atom. The van der Waals surface area contributed by atoms with Crippen molar-refractivity contribution in [3.63, 3.8) is 0 Å². The average Bonchev–Trinajstić information content (AvgIpc) is 3.37. The number of fused-ring (bicyclic) bond motifs is 1. The number of thiazole rings is 1. The van der Waals surface area contributed by atoms with Gasteiger partial charge in [0.15, 0.2) is 0 Å². The summed E-state index contributed by atoms with van der Waals surface area (Å²) in [5.41, 5.74) is 2.25. The maximum Gasteiger partial charge on any atom is 0.262 e. The minimum absolute atomic E-state index is 0.0656. The Kier molecular flexibility index (Phi) is 7.26. The lowest BCUT2D eigenvalue weighted by Crippen LogP contribution is -2.30. The van der Waals surface area contributed by atoms with Gasteiger partial charge in [-0.15, -0.1) is 11.3 Å². The van der Waals surface area contributed by atoms with Gasteiger partial charge in [-0.05, 0) is 44.2 Å². The van der Waals surface area contributed by atoms with Crippen LogP contribution in [0.25, 0.3) is 20.8 Å². The van der Waals surface area contributed by atoms with Crippen molar-refractivity contribution in [3.05, 3.63) is 30.0 Å². The molecule has 3 aromatic rings. The molecular formula is C23H30F2N6O2S2. The first-order valence-corrected chi connectivity index (χ1v) is 14.1. The summed E-state index contributed by atoms with van der Waals surface area (Å²) in [6.45, 7) is 2.55. The summed E-state index contributed by atoms with van der Waals surface area (Å²) in [7, 11) is -1.64. The van der Waals surface area contributed by atoms with E-state index in [1.807, 2.05) is 31.2 Å². The quantitative estimate of drug-likeness (QED) is 0.422. The van der Waals surface area contributed by atoms with Gasteiger partial charge in [-0.2, -0.15) is 4.98 Å². The van der Waals surface area contributed by atoms with Crippen molar-refractivity contribution in [1.29, 1.82) is 0 Å². The summed E-state index contributed by atoms with van der Waals surface area (Å²) in [4.78, 5) is 13.8. The number of para-hydroxylation sites is 1. The Morgan fingerprint density at radius 1 is 1.20 bits per heavy atom. The zero-order chi connectivity index (χ0) is 25.4. The third-order valence-corrected chi connectivity index (χ3v) is 8.45. The van der Waals surface area contributed by atoms with Gasteiger partial charge in [0.25, 0.3) is 5.92 Å². The van der Waals surface area contributed by atoms with Crippen LogP contribution in [0.3, 0.4) is 0 Å². The molecule has 2 N–H and O–H groups in total. The first kappa shape index (κ1) is 25.6. The van der Waals surface area contributed by atoms with E-state index in [0.717, 1.165) is 47.0 Å². The highest BCUT2D eigenvalue weighted by Gasteiger charge is 2.29. The Labute approximate surface area is 208 Å². The number of nitrogens with one attached hydrogen (secondary N) is 2. The average molecular weight is 525 g/mol. The lowest BCUT2D eigenvalue weighted by molar-refractivity contribution is 0.0366. The van der Waals surface area contributed by atoms with E-state index in [-0.39, 0.29) is 17.9 Å². The highest BCUT2D eigenvalue weighted by Crippen LogP contribution is 2.38. The maximum absolute atomic E-state index is 13.4. The molecule has 1 aliphatic rings. The van der Waals surface area contributed by atoms with E-state index in [2.05, 4.69) is 20.6 Å². The summed E-state index contributed by atoms with van der Waals surface area (Å²) in [5, 5.41) is 6.89. The fraction of sp³-hybridized carbons (Fsp3) is 0.522. The maximum atomic E-state index is 13.4. The van der Waals surface area contributed by atoms with Gasteiger partial charge in [0.2, 0.25) is 16.0 Å². The Bertz CT molecular complexity index is 1280. The fourth-order valence-corrected chi connectivity index (χ4v) is 5.84. The van der Waals surface area contributed by atoms with Crippen molar-refractivity contribution >= 4 is 43.3 Å². The summed E-state index contributed by atoms with van der Waals surface area (Å²) < 4.78 is 52.9. The minimum Gasteiger partial charge on any atom is -0.367 e. The second-order valence-electron chi connectivity index (χ2n) is 9.33. The second-order valence-corrected chi connectivity index (χ2v) is 12.5. The predicted molar refractivity (Wildman–Crippen MR) is 137 cm³/mol. The highest BCUT2D eigenvalue weighted by atomic mass is 32.2. The van der Waals surface area contributed by atoms with Gasteiger partial charge in [0, 0.05) is 26.6 Å². The first-order chi connectivity index (χ1) is 16.4. The number of hydrogen-bond donors (Lipinski definition) is 2. The molecular weight excluding hydrogens is 494 g/mol. The number of alkyl halides is 2. The lowest BCUT2D eigenvalue weighted by atomic mass is 10.1. The molecule has 1 fully saturated rings. The van der Waals surface area contributed by atoms with Gasteiger partial charge < -0.3 is 10.6 Å². The molecule has 2 heterocycles. The molecule has 0 aliphatic heterocycles. The van der Waals surface area contributed by atoms with E-state index in [0.29, 0.717) is 18.1 Å². The normalized spacial score (nSPS) is 18.9. The van der Waals surface area contributed by atoms with Crippen LogP contribution >= 0.6 is 11.3 Å². The molecule has 1 aliphatic carbocycles. The number of sulfonamides is 1. The van der Waals surface area contributed by atoms with Crippen LogP contribution in [0, 0.1) is 12.8 Å². The standard InChI is InChI=1S/C23H30F2N6O2S2/c1-14-19(21-29-17-7-5-6-8-18(17)34-21)20(30-22(27-14)26-13-23(2,24)25)28-16-10-9-15(11-16)12-31(3)35(4,32)33/h5-8,15-16H,9-13H2,1-4H3,(H2,26,27,28,30). The number of nitrogens with zero attached hydrogens (tertiary/aromatic N) is 4. The van der Waals surface area contributed by atoms with Crippen LogP contribution < -0.4 is 10.6 Å². The fourth-order valence-electron chi connectivity index (χ4n) is 4.29. The molecule has 1 aromatic carbocycles. The van der Waals surface area contributed by atoms with Gasteiger partial charge in [0.05, 0.1) is 34.3 Å². The van der Waals surface area contributed by atoms with E-state index >= 15 is 0 Å². The van der Waals surface area contributed by atoms with Crippen LogP contribution in [0.15, 0.2) is 24.3 Å². The molecule has 8 nitrogen and oxygen atoms in total. The number of aryl methyl sites for hydroxylation is 1. The molecule has 2 unspecified atom stereocenters. The van der Waals surface area contributed by atoms with Crippen LogP contribution in [0.1, 0.15) is 31.9 Å². The van der Waals surface area contributed by atoms with Crippen LogP contribution in [0.5, 0.6) is 0 Å². The highest BCUT2D eigenvalue weighted by molar-refractivity contribution is 7.88. The van der Waals surface area contributed by atoms with Crippen molar-refractivity contribution in [2.24, 2.45) is 5.92 Å². The Balaban J connectivity index is 1.62. The molecule has 2 atom stereocenters. The number of anilines is 2. The van der Waals surface area contributed by atoms with E-state index in [4.69, 9.17) is 4.98 Å². The third kappa shape index (κ3) is 6.42. The first-order valence-electron chi connectivity index (χ1n) is 11.4. The summed E-state index contributed by atoms with van der Waals surface area (Å²) >= 11 is 1.53. The topological polar surface area (TPSA) is 100 Å². The predicted octanol–water partition coefficient (Wildman–Crippen LogP) is 4.60. The number of rotatable bonds is 9. The number of halogens is 2. The van der Waals surface area contributed by atoms with Crippen molar-refractivity contribution in [3.8, 4) is 10.6 Å². The van der Waals surface area contributed by atoms with Crippen LogP contribution in [-0.2, 0) is 10.0 Å². The van der Waals surface area contributed by atoms with Gasteiger partial charge in [-0.25, -0.2) is 31.5 Å². The van der Waals surface area contributed by atoms with Crippen LogP contribution in [0.4, 0.5) is 20.5 Å². The molecule has 2 aromatic heterocycles. The molecule has 0 spiro atoms. The van der Waals surface area contributed by atoms with Gasteiger partial charge in [-0.1, -0.05) is 12.1 Å². The minimum atomic E-state index is -3.24. The molecule has 0 amide bonds. The smallest absolute Gasteiger partial charge is 0.262 e. The van der Waals surface area contributed by atoms with Crippen molar-refractivity contribution in [2.45, 2.75) is 45.1 Å². The van der Waals surface area contributed by atoms with Gasteiger partial charge in [-0.3, -0.25) is 0 Å². The zero-order valence-corrected chi connectivity index (χ0v) is 21.8. The summed E-state index contributed by atoms with van der Waals surface area (Å²) in [6.07, 6.45) is 3.71. The van der Waals surface area contributed by atoms with E-state index in [9.17, 15) is 17.2 Å². The zero-order valence-electron chi connectivity index (χ0n) is 20.2. The van der Waals surface area contributed by atoms with Crippen LogP contribution in [-0.4, -0.2) is 66.0 Å². The molecule has 190 valence electrons. The monoisotopic (exact) mass is 524 g/mol. The molecule has 0 radical (unpaired) electrons. The van der Waals surface area contributed by atoms with Crippen molar-refractivity contribution in [2.75, 3.05) is 37.0 Å². The van der Waals surface area contributed by atoms with Gasteiger partial charge in [0.1, 0.15) is 10.8 Å². The second kappa shape index (κ2) is 9.90. The third-order valence-electron chi connectivity index (χ3n) is 6.12. The summed E-state index contributed by atoms with van der Waals surface area (Å²) in [6, 6.07) is 7.89. The Hall–Kier alpha value is -2.44. The van der Waals surface area contributed by atoms with Crippen molar-refractivity contribution < 1.29 is 17.2 Å².